The lowest BCUT2D eigenvalue weighted by Gasteiger charge is -2.15. The van der Waals surface area contributed by atoms with Gasteiger partial charge in [0, 0.05) is 22.4 Å². The second-order valence-electron chi connectivity index (χ2n) is 7.56. The molecule has 6 nitrogen and oxygen atoms in total. The molecule has 0 bridgehead atoms. The quantitative estimate of drug-likeness (QED) is 0.328. The highest BCUT2D eigenvalue weighted by Crippen LogP contribution is 2.32. The minimum atomic E-state index is -0.365. The molecule has 9 heteroatoms. The van der Waals surface area contributed by atoms with E-state index in [4.69, 9.17) is 9.72 Å². The topological polar surface area (TPSA) is 73.2 Å². The van der Waals surface area contributed by atoms with Crippen molar-refractivity contribution in [3.63, 3.8) is 0 Å². The number of carbonyl (C=O) groups excluding carboxylic acids is 1. The monoisotopic (exact) mass is 469 g/mol. The SMILES string of the molecule is O=C(CSc1nc2c(sc3ccccc32)c(=O)n1C[C@@H]1CCCO1)Nc1ccc(F)cc1. The van der Waals surface area contributed by atoms with Crippen molar-refractivity contribution in [2.45, 2.75) is 30.6 Å². The van der Waals surface area contributed by atoms with Gasteiger partial charge in [-0.2, -0.15) is 0 Å². The second kappa shape index (κ2) is 9.01. The largest absolute Gasteiger partial charge is 0.376 e. The third-order valence-electron chi connectivity index (χ3n) is 5.32. The summed E-state index contributed by atoms with van der Waals surface area (Å²) in [7, 11) is 0. The van der Waals surface area contributed by atoms with E-state index in [-0.39, 0.29) is 29.1 Å². The average Bonchev–Trinajstić information content (AvgIpc) is 3.44. The average molecular weight is 470 g/mol. The Balaban J connectivity index is 1.46. The Morgan fingerprint density at radius 3 is 2.84 bits per heavy atom. The van der Waals surface area contributed by atoms with Gasteiger partial charge in [0.05, 0.1) is 23.9 Å². The van der Waals surface area contributed by atoms with E-state index < -0.39 is 0 Å². The van der Waals surface area contributed by atoms with Crippen LogP contribution in [0.1, 0.15) is 12.8 Å². The molecule has 32 heavy (non-hydrogen) atoms. The van der Waals surface area contributed by atoms with Gasteiger partial charge >= 0.3 is 0 Å². The van der Waals surface area contributed by atoms with Crippen molar-refractivity contribution >= 4 is 55.0 Å². The van der Waals surface area contributed by atoms with Crippen LogP contribution in [0.2, 0.25) is 0 Å². The highest BCUT2D eigenvalue weighted by molar-refractivity contribution is 7.99. The molecule has 1 amide bonds. The van der Waals surface area contributed by atoms with E-state index in [2.05, 4.69) is 5.32 Å². The van der Waals surface area contributed by atoms with Gasteiger partial charge in [-0.15, -0.1) is 11.3 Å². The number of anilines is 1. The maximum atomic E-state index is 13.4. The number of benzene rings is 2. The highest BCUT2D eigenvalue weighted by Gasteiger charge is 2.22. The zero-order valence-electron chi connectivity index (χ0n) is 17.0. The van der Waals surface area contributed by atoms with Crippen LogP contribution < -0.4 is 10.9 Å². The van der Waals surface area contributed by atoms with Crippen LogP contribution in [-0.4, -0.2) is 33.9 Å². The zero-order chi connectivity index (χ0) is 22.1. The number of nitrogens with one attached hydrogen (secondary N) is 1. The number of hydrogen-bond donors (Lipinski definition) is 1. The van der Waals surface area contributed by atoms with Crippen LogP contribution in [0.25, 0.3) is 20.3 Å². The molecule has 1 aliphatic heterocycles. The minimum absolute atomic E-state index is 0.0336. The molecular formula is C23H20FN3O3S2. The third-order valence-corrected chi connectivity index (χ3v) is 7.44. The normalized spacial score (nSPS) is 16.1. The van der Waals surface area contributed by atoms with Crippen molar-refractivity contribution in [2.75, 3.05) is 17.7 Å². The van der Waals surface area contributed by atoms with Crippen molar-refractivity contribution in [1.82, 2.24) is 9.55 Å². The standard InChI is InChI=1S/C23H20FN3O3S2/c24-14-7-9-15(10-8-14)25-19(28)13-31-23-26-20-17-5-1-2-6-18(17)32-21(20)22(29)27(23)12-16-4-3-11-30-16/h1-2,5-10,16H,3-4,11-13H2,(H,25,28)/t16-/m0/s1. The van der Waals surface area contributed by atoms with Crippen LogP contribution >= 0.6 is 23.1 Å². The maximum Gasteiger partial charge on any atom is 0.272 e. The van der Waals surface area contributed by atoms with Crippen LogP contribution in [0.4, 0.5) is 10.1 Å². The first-order valence-electron chi connectivity index (χ1n) is 10.3. The fraction of sp³-hybridized carbons (Fsp3) is 0.261. The summed E-state index contributed by atoms with van der Waals surface area (Å²) < 4.78 is 22.1. The van der Waals surface area contributed by atoms with Crippen molar-refractivity contribution in [1.29, 1.82) is 0 Å². The van der Waals surface area contributed by atoms with E-state index in [0.717, 1.165) is 22.9 Å². The summed E-state index contributed by atoms with van der Waals surface area (Å²) in [4.78, 5) is 30.7. The predicted octanol–water partition coefficient (Wildman–Crippen LogP) is 4.66. The number of fused-ring (bicyclic) bond motifs is 3. The fourth-order valence-corrected chi connectivity index (χ4v) is 5.67. The number of hydrogen-bond acceptors (Lipinski definition) is 6. The summed E-state index contributed by atoms with van der Waals surface area (Å²) in [6.07, 6.45) is 1.83. The summed E-state index contributed by atoms with van der Waals surface area (Å²) in [6, 6.07) is 13.4. The summed E-state index contributed by atoms with van der Waals surface area (Å²) >= 11 is 2.66. The van der Waals surface area contributed by atoms with Gasteiger partial charge < -0.3 is 10.1 Å². The van der Waals surface area contributed by atoms with Gasteiger partial charge in [0.25, 0.3) is 5.56 Å². The Kier molecular flexibility index (Phi) is 5.95. The second-order valence-corrected chi connectivity index (χ2v) is 9.56. The molecule has 1 saturated heterocycles. The Morgan fingerprint density at radius 1 is 1.25 bits per heavy atom. The predicted molar refractivity (Wildman–Crippen MR) is 126 cm³/mol. The number of halogens is 1. The number of thioether (sulfide) groups is 1. The van der Waals surface area contributed by atoms with E-state index >= 15 is 0 Å². The van der Waals surface area contributed by atoms with Gasteiger partial charge in [-0.1, -0.05) is 30.0 Å². The van der Waals surface area contributed by atoms with E-state index in [9.17, 15) is 14.0 Å². The Hall–Kier alpha value is -2.75. The first-order chi connectivity index (χ1) is 15.6. The lowest BCUT2D eigenvalue weighted by atomic mass is 10.2. The van der Waals surface area contributed by atoms with Crippen LogP contribution in [0, 0.1) is 5.82 Å². The van der Waals surface area contributed by atoms with Crippen molar-refractivity contribution in [3.8, 4) is 0 Å². The molecule has 1 atom stereocenters. The van der Waals surface area contributed by atoms with Crippen molar-refractivity contribution in [3.05, 3.63) is 64.7 Å². The summed E-state index contributed by atoms with van der Waals surface area (Å²) in [5, 5.41) is 4.18. The molecule has 2 aromatic carbocycles. The van der Waals surface area contributed by atoms with Crippen LogP contribution in [-0.2, 0) is 16.1 Å². The highest BCUT2D eigenvalue weighted by atomic mass is 32.2. The lowest BCUT2D eigenvalue weighted by molar-refractivity contribution is -0.113. The number of carbonyl (C=O) groups is 1. The molecule has 3 heterocycles. The molecule has 0 saturated carbocycles. The van der Waals surface area contributed by atoms with Crippen molar-refractivity contribution < 1.29 is 13.9 Å². The van der Waals surface area contributed by atoms with E-state index in [0.29, 0.717) is 34.2 Å². The molecule has 0 unspecified atom stereocenters. The van der Waals surface area contributed by atoms with Gasteiger partial charge in [-0.05, 0) is 43.2 Å². The summed E-state index contributed by atoms with van der Waals surface area (Å²) in [5.41, 5.74) is 1.08. The molecule has 0 aliphatic carbocycles. The van der Waals surface area contributed by atoms with Gasteiger partial charge in [0.1, 0.15) is 10.5 Å². The molecule has 4 aromatic rings. The molecule has 1 fully saturated rings. The number of thiophene rings is 1. The minimum Gasteiger partial charge on any atom is -0.376 e. The summed E-state index contributed by atoms with van der Waals surface area (Å²) in [5.74, 6) is -0.547. The fourth-order valence-electron chi connectivity index (χ4n) is 3.78. The third kappa shape index (κ3) is 4.28. The number of ether oxygens (including phenoxy) is 1. The van der Waals surface area contributed by atoms with Crippen LogP contribution in [0.3, 0.4) is 0 Å². The molecule has 1 aliphatic rings. The number of amides is 1. The molecular weight excluding hydrogens is 449 g/mol. The van der Waals surface area contributed by atoms with Crippen molar-refractivity contribution in [2.24, 2.45) is 0 Å². The molecule has 0 spiro atoms. The zero-order valence-corrected chi connectivity index (χ0v) is 18.7. The smallest absolute Gasteiger partial charge is 0.272 e. The first-order valence-corrected chi connectivity index (χ1v) is 12.1. The van der Waals surface area contributed by atoms with Gasteiger partial charge in [0.2, 0.25) is 5.91 Å². The number of nitrogens with zero attached hydrogens (tertiary/aromatic N) is 2. The molecule has 1 N–H and O–H groups in total. The van der Waals surface area contributed by atoms with Crippen LogP contribution in [0.15, 0.2) is 58.5 Å². The van der Waals surface area contributed by atoms with Crippen LogP contribution in [0.5, 0.6) is 0 Å². The van der Waals surface area contributed by atoms with Gasteiger partial charge in [-0.3, -0.25) is 14.2 Å². The van der Waals surface area contributed by atoms with Gasteiger partial charge in [0.15, 0.2) is 5.16 Å². The number of aromatic nitrogens is 2. The Morgan fingerprint density at radius 2 is 2.06 bits per heavy atom. The molecule has 0 radical (unpaired) electrons. The molecule has 5 rings (SSSR count). The molecule has 2 aromatic heterocycles. The summed E-state index contributed by atoms with van der Waals surface area (Å²) in [6.45, 7) is 1.11. The number of rotatable bonds is 6. The molecule has 164 valence electrons. The first kappa shape index (κ1) is 21.1. The Labute approximate surface area is 191 Å². The maximum absolute atomic E-state index is 13.4. The van der Waals surface area contributed by atoms with E-state index in [1.807, 2.05) is 24.3 Å². The van der Waals surface area contributed by atoms with E-state index in [1.54, 1.807) is 4.57 Å². The van der Waals surface area contributed by atoms with Gasteiger partial charge in [-0.25, -0.2) is 9.37 Å². The van der Waals surface area contributed by atoms with E-state index in [1.165, 1.54) is 47.4 Å². The Bertz CT molecular complexity index is 1340. The lowest BCUT2D eigenvalue weighted by Crippen LogP contribution is -2.28.